The smallest absolute Gasteiger partial charge is 0.311 e. The van der Waals surface area contributed by atoms with E-state index in [9.17, 15) is 17.9 Å². The minimum Gasteiger partial charge on any atom is -0.427 e. The van der Waals surface area contributed by atoms with Gasteiger partial charge < -0.3 is 15.1 Å². The van der Waals surface area contributed by atoms with Gasteiger partial charge in [0, 0.05) is 11.8 Å². The maximum absolute atomic E-state index is 13.9. The van der Waals surface area contributed by atoms with Crippen molar-refractivity contribution in [2.75, 3.05) is 11.9 Å². The third kappa shape index (κ3) is 4.13. The van der Waals surface area contributed by atoms with Gasteiger partial charge in [0.05, 0.1) is 22.6 Å². The van der Waals surface area contributed by atoms with Crippen LogP contribution in [0.1, 0.15) is 38.8 Å². The summed E-state index contributed by atoms with van der Waals surface area (Å²) < 4.78 is 47.4. The van der Waals surface area contributed by atoms with Gasteiger partial charge in [-0.25, -0.2) is 16.8 Å². The highest BCUT2D eigenvalue weighted by atomic mass is 32.2. The van der Waals surface area contributed by atoms with Crippen LogP contribution in [0.3, 0.4) is 0 Å². The molecule has 2 heterocycles. The summed E-state index contributed by atoms with van der Waals surface area (Å²) in [5.41, 5.74) is -0.138. The summed E-state index contributed by atoms with van der Waals surface area (Å²) in [6.07, 6.45) is 2.77. The first-order valence-corrected chi connectivity index (χ1v) is 10.8. The van der Waals surface area contributed by atoms with Crippen molar-refractivity contribution in [3.8, 4) is 0 Å². The molecule has 29 heavy (non-hydrogen) atoms. The summed E-state index contributed by atoms with van der Waals surface area (Å²) >= 11 is 0. The molecule has 1 aliphatic rings. The lowest BCUT2D eigenvalue weighted by Crippen LogP contribution is -2.49. The summed E-state index contributed by atoms with van der Waals surface area (Å²) in [7, 11) is -3.86. The van der Waals surface area contributed by atoms with Crippen LogP contribution in [-0.2, 0) is 14.7 Å². The Labute approximate surface area is 171 Å². The fourth-order valence-electron chi connectivity index (χ4n) is 2.82. The Kier molecular flexibility index (Phi) is 5.44. The summed E-state index contributed by atoms with van der Waals surface area (Å²) in [5, 5.41) is 13.2. The lowest BCUT2D eigenvalue weighted by Gasteiger charge is -2.37. The third-order valence-electron chi connectivity index (χ3n) is 5.46. The normalized spacial score (nSPS) is 14.8. The highest BCUT2D eigenvalue weighted by molar-refractivity contribution is 7.90. The Hall–Kier alpha value is -2.10. The van der Waals surface area contributed by atoms with Gasteiger partial charge in [-0.3, -0.25) is 0 Å². The number of fused-ring (bicyclic) bond motifs is 1. The highest BCUT2D eigenvalue weighted by Crippen LogP contribution is 2.29. The van der Waals surface area contributed by atoms with Gasteiger partial charge >= 0.3 is 7.48 Å². The average molecular weight is 420 g/mol. The van der Waals surface area contributed by atoms with Crippen LogP contribution < -0.4 is 10.8 Å². The van der Waals surface area contributed by atoms with Crippen LogP contribution in [-0.4, -0.2) is 42.7 Å². The van der Waals surface area contributed by atoms with Crippen molar-refractivity contribution in [2.45, 2.75) is 50.7 Å². The van der Waals surface area contributed by atoms with Gasteiger partial charge in [-0.2, -0.15) is 0 Å². The van der Waals surface area contributed by atoms with Crippen molar-refractivity contribution in [3.63, 3.8) is 0 Å². The molecule has 1 aliphatic heterocycles. The molecule has 0 amide bonds. The molecule has 1 aromatic heterocycles. The number of aryl methyl sites for hydroxylation is 1. The van der Waals surface area contributed by atoms with Crippen molar-refractivity contribution >= 4 is 34.9 Å². The first-order chi connectivity index (χ1) is 13.3. The molecule has 0 saturated carbocycles. The zero-order valence-corrected chi connectivity index (χ0v) is 18.1. The van der Waals surface area contributed by atoms with Gasteiger partial charge in [0.15, 0.2) is 0 Å². The molecule has 0 saturated heterocycles. The molecule has 0 bridgehead atoms. The number of aromatic nitrogens is 1. The van der Waals surface area contributed by atoms with Crippen LogP contribution in [0.5, 0.6) is 0 Å². The number of halogens is 1. The fourth-order valence-corrected chi connectivity index (χ4v) is 4.20. The molecule has 156 valence electrons. The van der Waals surface area contributed by atoms with E-state index in [0.29, 0.717) is 16.8 Å². The van der Waals surface area contributed by atoms with E-state index in [0.717, 1.165) is 9.54 Å². The third-order valence-corrected chi connectivity index (χ3v) is 7.13. The SMILES string of the molecule is Cc1ccc(S(=O)(=O)n2cc(BOC(C)(C)C(C)(C)O)c3c2NCC(F)=C3)cc1. The Morgan fingerprint density at radius 1 is 1.21 bits per heavy atom. The monoisotopic (exact) mass is 420 g/mol. The van der Waals surface area contributed by atoms with E-state index in [2.05, 4.69) is 5.32 Å². The molecule has 6 nitrogen and oxygen atoms in total. The Morgan fingerprint density at radius 2 is 1.83 bits per heavy atom. The summed E-state index contributed by atoms with van der Waals surface area (Å²) in [6, 6.07) is 6.55. The average Bonchev–Trinajstić information content (AvgIpc) is 2.98. The first-order valence-electron chi connectivity index (χ1n) is 9.36. The van der Waals surface area contributed by atoms with Crippen molar-refractivity contribution in [2.24, 2.45) is 0 Å². The van der Waals surface area contributed by atoms with E-state index in [1.807, 2.05) is 6.92 Å². The minimum absolute atomic E-state index is 0.0151. The summed E-state index contributed by atoms with van der Waals surface area (Å²) in [6.45, 7) is 8.55. The second-order valence-electron chi connectivity index (χ2n) is 8.33. The zero-order chi connectivity index (χ0) is 21.6. The molecule has 2 aromatic rings. The van der Waals surface area contributed by atoms with Gasteiger partial charge in [0.25, 0.3) is 10.0 Å². The molecular formula is C20H26BFN2O4S. The van der Waals surface area contributed by atoms with E-state index in [1.54, 1.807) is 52.0 Å². The van der Waals surface area contributed by atoms with E-state index in [-0.39, 0.29) is 18.9 Å². The van der Waals surface area contributed by atoms with Crippen molar-refractivity contribution in [3.05, 3.63) is 47.4 Å². The van der Waals surface area contributed by atoms with Crippen LogP contribution in [0.15, 0.2) is 41.2 Å². The lowest BCUT2D eigenvalue weighted by molar-refractivity contribution is -0.0893. The Bertz CT molecular complexity index is 1050. The maximum atomic E-state index is 13.9. The van der Waals surface area contributed by atoms with Gasteiger partial charge in [-0.05, 0) is 58.3 Å². The fraction of sp³-hybridized carbons (Fsp3) is 0.400. The second-order valence-corrected chi connectivity index (χ2v) is 10.1. The number of nitrogens with zero attached hydrogens (tertiary/aromatic N) is 1. The van der Waals surface area contributed by atoms with Crippen molar-refractivity contribution < 1.29 is 22.6 Å². The van der Waals surface area contributed by atoms with Crippen LogP contribution in [0.25, 0.3) is 6.08 Å². The van der Waals surface area contributed by atoms with Gasteiger partial charge in [0.1, 0.15) is 11.6 Å². The Balaban J connectivity index is 2.05. The molecule has 0 atom stereocenters. The quantitative estimate of drug-likeness (QED) is 0.702. The molecule has 0 spiro atoms. The number of anilines is 1. The molecule has 0 aliphatic carbocycles. The number of hydrogen-bond acceptors (Lipinski definition) is 5. The largest absolute Gasteiger partial charge is 0.427 e. The molecule has 3 rings (SSSR count). The zero-order valence-electron chi connectivity index (χ0n) is 17.3. The minimum atomic E-state index is -3.88. The van der Waals surface area contributed by atoms with Gasteiger partial charge in [-0.15, -0.1) is 0 Å². The van der Waals surface area contributed by atoms with E-state index in [4.69, 9.17) is 4.65 Å². The van der Waals surface area contributed by atoms with Crippen molar-refractivity contribution in [1.82, 2.24) is 3.97 Å². The van der Waals surface area contributed by atoms with Crippen molar-refractivity contribution in [1.29, 1.82) is 0 Å². The number of hydrogen-bond donors (Lipinski definition) is 2. The number of rotatable bonds is 6. The van der Waals surface area contributed by atoms with Gasteiger partial charge in [0.2, 0.25) is 0 Å². The van der Waals surface area contributed by atoms with Crippen LogP contribution in [0.4, 0.5) is 10.2 Å². The number of benzene rings is 1. The predicted molar refractivity (Wildman–Crippen MR) is 114 cm³/mol. The topological polar surface area (TPSA) is 80.6 Å². The highest BCUT2D eigenvalue weighted by Gasteiger charge is 2.36. The maximum Gasteiger partial charge on any atom is 0.311 e. The van der Waals surface area contributed by atoms with Crippen LogP contribution in [0, 0.1) is 6.92 Å². The van der Waals surface area contributed by atoms with E-state index >= 15 is 0 Å². The van der Waals surface area contributed by atoms with Gasteiger partial charge in [-0.1, -0.05) is 17.7 Å². The summed E-state index contributed by atoms with van der Waals surface area (Å²) in [4.78, 5) is 0.141. The molecule has 1 aromatic carbocycles. The standard InChI is InChI=1S/C20H26BFN2O4S/c1-13-6-8-15(9-7-13)29(26,27)24-12-17(16-10-14(22)11-23-18(16)24)21-28-20(4,5)19(2,3)25/h6-10,12,21,23,25H,11H2,1-5H3. The molecule has 0 unspecified atom stereocenters. The molecule has 2 N–H and O–H groups in total. The second kappa shape index (κ2) is 7.30. The van der Waals surface area contributed by atoms with Crippen LogP contribution in [0.2, 0.25) is 0 Å². The molecular weight excluding hydrogens is 394 g/mol. The molecule has 0 fully saturated rings. The van der Waals surface area contributed by atoms with E-state index in [1.165, 1.54) is 12.3 Å². The van der Waals surface area contributed by atoms with E-state index < -0.39 is 27.1 Å². The Morgan fingerprint density at radius 3 is 2.41 bits per heavy atom. The molecule has 0 radical (unpaired) electrons. The lowest BCUT2D eigenvalue weighted by atomic mass is 9.81. The first kappa shape index (κ1) is 21.6. The number of aliphatic hydroxyl groups is 1. The summed E-state index contributed by atoms with van der Waals surface area (Å²) in [5.74, 6) is -0.0994. The predicted octanol–water partition coefficient (Wildman–Crippen LogP) is 2.31. The molecule has 9 heteroatoms. The number of nitrogens with one attached hydrogen (secondary N) is 1. The van der Waals surface area contributed by atoms with Crippen LogP contribution >= 0.6 is 0 Å².